The molecule has 0 aliphatic rings. The van der Waals surface area contributed by atoms with Crippen LogP contribution in [-0.4, -0.2) is 75.6 Å². The number of nitrogens with zero attached hydrogens (tertiary/aromatic N) is 2. The molecule has 6 heteroatoms. The maximum Gasteiger partial charge on any atom is 0.161 e. The van der Waals surface area contributed by atoms with Gasteiger partial charge in [-0.25, -0.2) is 0 Å². The summed E-state index contributed by atoms with van der Waals surface area (Å²) in [6.45, 7) is 3.84. The van der Waals surface area contributed by atoms with Gasteiger partial charge in [-0.05, 0) is 37.4 Å². The Morgan fingerprint density at radius 2 is 1.62 bits per heavy atom. The summed E-state index contributed by atoms with van der Waals surface area (Å²) in [4.78, 5) is 4.27. The van der Waals surface area contributed by atoms with Crippen LogP contribution in [0.1, 0.15) is 11.1 Å². The Kier molecular flexibility index (Phi) is 9.94. The van der Waals surface area contributed by atoms with Crippen LogP contribution >= 0.6 is 0 Å². The van der Waals surface area contributed by atoms with Crippen molar-refractivity contribution in [1.29, 1.82) is 0 Å². The molecule has 0 aliphatic carbocycles. The molecule has 6 nitrogen and oxygen atoms in total. The van der Waals surface area contributed by atoms with Crippen molar-refractivity contribution >= 4 is 0 Å². The van der Waals surface area contributed by atoms with Gasteiger partial charge in [0.1, 0.15) is 12.7 Å². The van der Waals surface area contributed by atoms with Crippen molar-refractivity contribution in [1.82, 2.24) is 9.80 Å². The molecule has 0 saturated carbocycles. The highest BCUT2D eigenvalue weighted by atomic mass is 16.5. The lowest BCUT2D eigenvalue weighted by atomic mass is 10.2. The summed E-state index contributed by atoms with van der Waals surface area (Å²) >= 11 is 0. The number of hydrogen-bond acceptors (Lipinski definition) is 6. The van der Waals surface area contributed by atoms with Gasteiger partial charge in [-0.3, -0.25) is 9.80 Å². The Morgan fingerprint density at radius 3 is 2.31 bits per heavy atom. The maximum absolute atomic E-state index is 10.4. The minimum absolute atomic E-state index is 0.207. The van der Waals surface area contributed by atoms with Gasteiger partial charge in [-0.1, -0.05) is 36.4 Å². The first kappa shape index (κ1) is 23.2. The average Bonchev–Trinajstić information content (AvgIpc) is 2.71. The Morgan fingerprint density at radius 1 is 0.897 bits per heavy atom. The number of aliphatic hydroxyl groups excluding tert-OH is 1. The third-order valence-electron chi connectivity index (χ3n) is 4.61. The molecule has 1 atom stereocenters. The molecule has 0 heterocycles. The Balaban J connectivity index is 1.87. The van der Waals surface area contributed by atoms with Crippen molar-refractivity contribution in [3.8, 4) is 11.5 Å². The van der Waals surface area contributed by atoms with Crippen LogP contribution in [0, 0.1) is 0 Å². The molecule has 0 aromatic heterocycles. The van der Waals surface area contributed by atoms with Crippen molar-refractivity contribution in [3.63, 3.8) is 0 Å². The molecule has 0 amide bonds. The summed E-state index contributed by atoms with van der Waals surface area (Å²) < 4.78 is 16.4. The molecule has 0 bridgehead atoms. The zero-order valence-electron chi connectivity index (χ0n) is 18.0. The van der Waals surface area contributed by atoms with E-state index in [4.69, 9.17) is 14.2 Å². The highest BCUT2D eigenvalue weighted by Crippen LogP contribution is 2.28. The van der Waals surface area contributed by atoms with Gasteiger partial charge in [0.05, 0.1) is 13.7 Å². The standard InChI is InChI=1S/C23H34N2O4/c1-24(12-13-27-3)16-20-10-11-22(28-4)23(14-20)29-18-21(26)17-25(2)15-19-8-6-5-7-9-19/h5-11,14,21,26H,12-13,15-18H2,1-4H3/t21-/m0/s1. The number of aliphatic hydroxyl groups is 1. The Hall–Kier alpha value is -2.12. The Labute approximate surface area is 174 Å². The largest absolute Gasteiger partial charge is 0.493 e. The number of rotatable bonds is 13. The van der Waals surface area contributed by atoms with Crippen LogP contribution in [0.4, 0.5) is 0 Å². The lowest BCUT2D eigenvalue weighted by molar-refractivity contribution is 0.0732. The van der Waals surface area contributed by atoms with Crippen LogP contribution in [0.5, 0.6) is 11.5 Å². The van der Waals surface area contributed by atoms with Gasteiger partial charge in [-0.2, -0.15) is 0 Å². The predicted molar refractivity (Wildman–Crippen MR) is 115 cm³/mol. The van der Waals surface area contributed by atoms with E-state index in [1.165, 1.54) is 5.56 Å². The molecular formula is C23H34N2O4. The smallest absolute Gasteiger partial charge is 0.161 e. The summed E-state index contributed by atoms with van der Waals surface area (Å²) in [5.41, 5.74) is 2.34. The number of methoxy groups -OCH3 is 2. The zero-order chi connectivity index (χ0) is 21.1. The van der Waals surface area contributed by atoms with Crippen LogP contribution in [0.25, 0.3) is 0 Å². The second-order valence-corrected chi connectivity index (χ2v) is 7.36. The van der Waals surface area contributed by atoms with Gasteiger partial charge in [0.15, 0.2) is 11.5 Å². The SMILES string of the molecule is COCCN(C)Cc1ccc(OC)c(OC[C@@H](O)CN(C)Cc2ccccc2)c1. The minimum Gasteiger partial charge on any atom is -0.493 e. The van der Waals surface area contributed by atoms with E-state index in [-0.39, 0.29) is 6.61 Å². The number of ether oxygens (including phenoxy) is 3. The first-order valence-corrected chi connectivity index (χ1v) is 9.89. The van der Waals surface area contributed by atoms with Gasteiger partial charge in [0, 0.05) is 33.3 Å². The highest BCUT2D eigenvalue weighted by Gasteiger charge is 2.13. The Bertz CT molecular complexity index is 711. The van der Waals surface area contributed by atoms with E-state index in [9.17, 15) is 5.11 Å². The van der Waals surface area contributed by atoms with Crippen molar-refractivity contribution in [2.24, 2.45) is 0 Å². The van der Waals surface area contributed by atoms with Crippen LogP contribution in [0.2, 0.25) is 0 Å². The third kappa shape index (κ3) is 8.41. The van der Waals surface area contributed by atoms with Crippen LogP contribution in [0.3, 0.4) is 0 Å². The fraction of sp³-hybridized carbons (Fsp3) is 0.478. The van der Waals surface area contributed by atoms with Crippen LogP contribution in [0.15, 0.2) is 48.5 Å². The molecule has 0 unspecified atom stereocenters. The number of likely N-dealkylation sites (N-methyl/N-ethyl adjacent to an activating group) is 2. The molecule has 2 aromatic rings. The predicted octanol–water partition coefficient (Wildman–Crippen LogP) is 2.65. The first-order chi connectivity index (χ1) is 14.0. The average molecular weight is 403 g/mol. The normalized spacial score (nSPS) is 12.4. The molecule has 29 heavy (non-hydrogen) atoms. The second kappa shape index (κ2) is 12.4. The van der Waals surface area contributed by atoms with E-state index in [1.54, 1.807) is 14.2 Å². The molecule has 0 saturated heterocycles. The lowest BCUT2D eigenvalue weighted by Gasteiger charge is -2.22. The summed E-state index contributed by atoms with van der Waals surface area (Å²) in [5.74, 6) is 1.31. The van der Waals surface area contributed by atoms with E-state index >= 15 is 0 Å². The summed E-state index contributed by atoms with van der Waals surface area (Å²) in [7, 11) is 7.37. The number of hydrogen-bond donors (Lipinski definition) is 1. The first-order valence-electron chi connectivity index (χ1n) is 9.89. The van der Waals surface area contributed by atoms with Crippen molar-refractivity contribution in [3.05, 3.63) is 59.7 Å². The van der Waals surface area contributed by atoms with E-state index in [1.807, 2.05) is 43.4 Å². The molecule has 0 spiro atoms. The van der Waals surface area contributed by atoms with Crippen molar-refractivity contribution < 1.29 is 19.3 Å². The summed E-state index contributed by atoms with van der Waals surface area (Å²) in [5, 5.41) is 10.4. The van der Waals surface area contributed by atoms with Crippen molar-refractivity contribution in [2.45, 2.75) is 19.2 Å². The maximum atomic E-state index is 10.4. The van der Waals surface area contributed by atoms with Crippen molar-refractivity contribution in [2.75, 3.05) is 54.6 Å². The van der Waals surface area contributed by atoms with Gasteiger partial charge in [0.25, 0.3) is 0 Å². The zero-order valence-corrected chi connectivity index (χ0v) is 18.0. The summed E-state index contributed by atoms with van der Waals surface area (Å²) in [6.07, 6.45) is -0.596. The molecule has 160 valence electrons. The van der Waals surface area contributed by atoms with E-state index in [2.05, 4.69) is 29.0 Å². The minimum atomic E-state index is -0.596. The van der Waals surface area contributed by atoms with Crippen LogP contribution in [-0.2, 0) is 17.8 Å². The highest BCUT2D eigenvalue weighted by molar-refractivity contribution is 5.43. The molecule has 0 radical (unpaired) electrons. The fourth-order valence-electron chi connectivity index (χ4n) is 3.13. The quantitative estimate of drug-likeness (QED) is 0.556. The monoisotopic (exact) mass is 402 g/mol. The van der Waals surface area contributed by atoms with Gasteiger partial charge in [0.2, 0.25) is 0 Å². The van der Waals surface area contributed by atoms with Crippen LogP contribution < -0.4 is 9.47 Å². The van der Waals surface area contributed by atoms with E-state index < -0.39 is 6.10 Å². The topological polar surface area (TPSA) is 54.4 Å². The fourth-order valence-corrected chi connectivity index (χ4v) is 3.13. The van der Waals surface area contributed by atoms with E-state index in [0.717, 1.165) is 25.2 Å². The molecule has 2 rings (SSSR count). The second-order valence-electron chi connectivity index (χ2n) is 7.36. The molecule has 0 aliphatic heterocycles. The molecule has 1 N–H and O–H groups in total. The third-order valence-corrected chi connectivity index (χ3v) is 4.61. The van der Waals surface area contributed by atoms with Gasteiger partial charge in [-0.15, -0.1) is 0 Å². The molecule has 0 fully saturated rings. The molecular weight excluding hydrogens is 368 g/mol. The van der Waals surface area contributed by atoms with Gasteiger partial charge < -0.3 is 19.3 Å². The summed E-state index contributed by atoms with van der Waals surface area (Å²) in [6, 6.07) is 16.1. The lowest BCUT2D eigenvalue weighted by Crippen LogP contribution is -2.32. The molecule has 2 aromatic carbocycles. The van der Waals surface area contributed by atoms with Gasteiger partial charge >= 0.3 is 0 Å². The number of benzene rings is 2. The van der Waals surface area contributed by atoms with E-state index in [0.29, 0.717) is 24.7 Å².